The first-order valence-electron chi connectivity index (χ1n) is 7.76. The van der Waals surface area contributed by atoms with Gasteiger partial charge in [0, 0.05) is 24.3 Å². The van der Waals surface area contributed by atoms with Gasteiger partial charge in [-0.15, -0.1) is 0 Å². The number of hydroxylamine groups is 2. The molecule has 2 atom stereocenters. The second kappa shape index (κ2) is 11.4. The fourth-order valence-corrected chi connectivity index (χ4v) is 2.62. The molecule has 0 saturated carbocycles. The molecule has 1 fully saturated rings. The zero-order chi connectivity index (χ0) is 18.7. The van der Waals surface area contributed by atoms with Gasteiger partial charge in [-0.05, 0) is 31.2 Å². The summed E-state index contributed by atoms with van der Waals surface area (Å²) in [6, 6.07) is 0. The van der Waals surface area contributed by atoms with Crippen LogP contribution >= 0.6 is 0 Å². The van der Waals surface area contributed by atoms with Crippen molar-refractivity contribution in [3.05, 3.63) is 10.4 Å². The van der Waals surface area contributed by atoms with Crippen LogP contribution in [0.4, 0.5) is 4.79 Å². The van der Waals surface area contributed by atoms with Crippen molar-refractivity contribution < 1.29 is 32.7 Å². The van der Waals surface area contributed by atoms with E-state index < -0.39 is 35.2 Å². The molecule has 0 aromatic heterocycles. The summed E-state index contributed by atoms with van der Waals surface area (Å²) in [5, 5.41) is 3.78. The van der Waals surface area contributed by atoms with Gasteiger partial charge in [0.25, 0.3) is 11.8 Å². The lowest BCUT2D eigenvalue weighted by Crippen LogP contribution is -2.34. The predicted octanol–water partition coefficient (Wildman–Crippen LogP) is 2.05. The summed E-state index contributed by atoms with van der Waals surface area (Å²) in [4.78, 5) is 41.7. The van der Waals surface area contributed by atoms with Gasteiger partial charge in [0.1, 0.15) is 6.10 Å². The fourth-order valence-electron chi connectivity index (χ4n) is 2.16. The molecule has 0 spiro atoms. The van der Waals surface area contributed by atoms with Crippen LogP contribution in [0.5, 0.6) is 0 Å². The van der Waals surface area contributed by atoms with Crippen molar-refractivity contribution in [1.29, 1.82) is 0 Å². The molecule has 140 valence electrons. The van der Waals surface area contributed by atoms with E-state index in [4.69, 9.17) is 14.8 Å². The van der Waals surface area contributed by atoms with Gasteiger partial charge in [0.2, 0.25) is 0 Å². The fraction of sp³-hybridized carbons (Fsp3) is 0.769. The number of azide groups is 1. The van der Waals surface area contributed by atoms with Gasteiger partial charge in [0.05, 0.1) is 5.75 Å². The van der Waals surface area contributed by atoms with Gasteiger partial charge in [-0.25, -0.2) is 9.00 Å². The molecule has 0 aromatic rings. The van der Waals surface area contributed by atoms with Gasteiger partial charge < -0.3 is 9.29 Å². The molecule has 1 aliphatic rings. The maximum absolute atomic E-state index is 11.7. The zero-order valence-corrected chi connectivity index (χ0v) is 14.4. The zero-order valence-electron chi connectivity index (χ0n) is 13.5. The highest BCUT2D eigenvalue weighted by Gasteiger charge is 2.34. The second-order valence-electron chi connectivity index (χ2n) is 5.28. The Labute approximate surface area is 146 Å². The standard InChI is InChI=1S/C13H20N4O7S/c14-16-15-8-3-1-2-4-10(7-9-25(21)22)23-13(20)24-17-11(18)5-6-12(17)19/h10H,1-9H2,(H,21,22). The number of unbranched alkanes of at least 4 members (excludes halogenated alkanes) is 2. The molecule has 0 aliphatic carbocycles. The Morgan fingerprint density at radius 1 is 1.28 bits per heavy atom. The number of rotatable bonds is 11. The van der Waals surface area contributed by atoms with Gasteiger partial charge in [0.15, 0.2) is 11.1 Å². The van der Waals surface area contributed by atoms with Crippen LogP contribution in [0, 0.1) is 0 Å². The molecule has 1 saturated heterocycles. The third-order valence-corrected chi connectivity index (χ3v) is 3.98. The molecule has 2 unspecified atom stereocenters. The van der Waals surface area contributed by atoms with Crippen molar-refractivity contribution in [1.82, 2.24) is 5.06 Å². The summed E-state index contributed by atoms with van der Waals surface area (Å²) in [6.07, 6.45) is 0.638. The maximum atomic E-state index is 11.7. The number of carbonyl (C=O) groups is 3. The Kier molecular flexibility index (Phi) is 9.51. The molecule has 11 nitrogen and oxygen atoms in total. The number of imide groups is 1. The summed E-state index contributed by atoms with van der Waals surface area (Å²) in [5.41, 5.74) is 8.17. The molecular formula is C13H20N4O7S. The van der Waals surface area contributed by atoms with Crippen molar-refractivity contribution in [3.63, 3.8) is 0 Å². The number of hydrogen-bond acceptors (Lipinski definition) is 7. The largest absolute Gasteiger partial charge is 0.534 e. The van der Waals surface area contributed by atoms with Crippen LogP contribution in [0.15, 0.2) is 5.11 Å². The quantitative estimate of drug-likeness (QED) is 0.110. The first-order chi connectivity index (χ1) is 11.9. The van der Waals surface area contributed by atoms with Gasteiger partial charge in [-0.2, -0.15) is 0 Å². The van der Waals surface area contributed by atoms with E-state index in [1.54, 1.807) is 0 Å². The summed E-state index contributed by atoms with van der Waals surface area (Å²) in [7, 11) is 0. The van der Waals surface area contributed by atoms with E-state index in [1.807, 2.05) is 0 Å². The molecule has 0 bridgehead atoms. The smallest absolute Gasteiger partial charge is 0.429 e. The highest BCUT2D eigenvalue weighted by Crippen LogP contribution is 2.16. The summed E-state index contributed by atoms with van der Waals surface area (Å²) in [5.74, 6) is -1.32. The first kappa shape index (κ1) is 20.9. The van der Waals surface area contributed by atoms with Gasteiger partial charge in [-0.1, -0.05) is 16.6 Å². The SMILES string of the molecule is [N-]=[N+]=NCCCCCC(CCS(=O)O)OC(=O)ON1C(=O)CCC1=O. The van der Waals surface area contributed by atoms with Crippen LogP contribution in [-0.4, -0.2) is 50.2 Å². The Morgan fingerprint density at radius 3 is 2.56 bits per heavy atom. The Balaban J connectivity index is 2.43. The average molecular weight is 376 g/mol. The normalized spacial score (nSPS) is 16.3. The van der Waals surface area contributed by atoms with Crippen LogP contribution in [-0.2, 0) is 30.2 Å². The molecule has 12 heteroatoms. The van der Waals surface area contributed by atoms with Crippen LogP contribution in [0.25, 0.3) is 10.4 Å². The molecule has 1 heterocycles. The summed E-state index contributed by atoms with van der Waals surface area (Å²) in [6.45, 7) is 0.365. The van der Waals surface area contributed by atoms with Crippen LogP contribution in [0.3, 0.4) is 0 Å². The highest BCUT2D eigenvalue weighted by atomic mass is 32.2. The monoisotopic (exact) mass is 376 g/mol. The molecule has 0 radical (unpaired) electrons. The van der Waals surface area contributed by atoms with E-state index in [0.717, 1.165) is 6.42 Å². The van der Waals surface area contributed by atoms with E-state index in [0.29, 0.717) is 30.9 Å². The van der Waals surface area contributed by atoms with E-state index in [-0.39, 0.29) is 25.0 Å². The Bertz CT molecular complexity index is 549. The third kappa shape index (κ3) is 8.47. The van der Waals surface area contributed by atoms with Crippen molar-refractivity contribution >= 4 is 29.1 Å². The first-order valence-corrected chi connectivity index (χ1v) is 9.04. The van der Waals surface area contributed by atoms with E-state index in [1.165, 1.54) is 0 Å². The van der Waals surface area contributed by atoms with Crippen molar-refractivity contribution in [3.8, 4) is 0 Å². The molecule has 0 aromatic carbocycles. The lowest BCUT2D eigenvalue weighted by atomic mass is 10.1. The van der Waals surface area contributed by atoms with Crippen molar-refractivity contribution in [2.24, 2.45) is 5.11 Å². The Hall–Kier alpha value is -2.17. The Morgan fingerprint density at radius 2 is 1.96 bits per heavy atom. The van der Waals surface area contributed by atoms with Crippen molar-refractivity contribution in [2.75, 3.05) is 12.3 Å². The highest BCUT2D eigenvalue weighted by molar-refractivity contribution is 7.79. The molecular weight excluding hydrogens is 356 g/mol. The number of amides is 2. The maximum Gasteiger partial charge on any atom is 0.534 e. The van der Waals surface area contributed by atoms with E-state index >= 15 is 0 Å². The minimum atomic E-state index is -2.03. The number of nitrogens with zero attached hydrogens (tertiary/aromatic N) is 4. The molecule has 1 aliphatic heterocycles. The third-order valence-electron chi connectivity index (χ3n) is 3.40. The summed E-state index contributed by atoms with van der Waals surface area (Å²) < 4.78 is 24.7. The number of hydrogen-bond donors (Lipinski definition) is 1. The van der Waals surface area contributed by atoms with E-state index in [2.05, 4.69) is 14.9 Å². The lowest BCUT2D eigenvalue weighted by molar-refractivity contribution is -0.178. The molecule has 1 rings (SSSR count). The average Bonchev–Trinajstić information content (AvgIpc) is 2.87. The topological polar surface area (TPSA) is 159 Å². The van der Waals surface area contributed by atoms with E-state index in [9.17, 15) is 18.6 Å². The lowest BCUT2D eigenvalue weighted by Gasteiger charge is -2.18. The van der Waals surface area contributed by atoms with Crippen molar-refractivity contribution in [2.45, 2.75) is 51.0 Å². The van der Waals surface area contributed by atoms with Gasteiger partial charge >= 0.3 is 6.16 Å². The van der Waals surface area contributed by atoms with Crippen LogP contribution < -0.4 is 0 Å². The number of carbonyl (C=O) groups excluding carboxylic acids is 3. The number of ether oxygens (including phenoxy) is 1. The minimum absolute atomic E-state index is 0.0236. The second-order valence-corrected chi connectivity index (χ2v) is 6.33. The van der Waals surface area contributed by atoms with Crippen LogP contribution in [0.1, 0.15) is 44.9 Å². The molecule has 1 N–H and O–H groups in total. The minimum Gasteiger partial charge on any atom is -0.429 e. The van der Waals surface area contributed by atoms with Crippen LogP contribution in [0.2, 0.25) is 0 Å². The summed E-state index contributed by atoms with van der Waals surface area (Å²) >= 11 is -2.03. The van der Waals surface area contributed by atoms with Gasteiger partial charge in [-0.3, -0.25) is 14.4 Å². The predicted molar refractivity (Wildman–Crippen MR) is 85.2 cm³/mol. The molecule has 2 amide bonds. The molecule has 25 heavy (non-hydrogen) atoms.